The molecule has 0 N–H and O–H groups in total. The minimum absolute atomic E-state index is 0.227. The smallest absolute Gasteiger partial charge is 0.219 e. The maximum atomic E-state index is 11.1. The number of nitrogens with zero attached hydrogens (tertiary/aromatic N) is 1. The zero-order valence-corrected chi connectivity index (χ0v) is 7.63. The van der Waals surface area contributed by atoms with Gasteiger partial charge in [-0.2, -0.15) is 0 Å². The second-order valence-corrected chi connectivity index (χ2v) is 3.56. The molecule has 0 spiro atoms. The maximum Gasteiger partial charge on any atom is 0.219 e. The zero-order valence-electron chi connectivity index (χ0n) is 7.63. The summed E-state index contributed by atoms with van der Waals surface area (Å²) in [4.78, 5) is 13.1. The van der Waals surface area contributed by atoms with Crippen LogP contribution in [0, 0.1) is 0 Å². The number of hydrogen-bond donors (Lipinski definition) is 0. The van der Waals surface area contributed by atoms with Gasteiger partial charge in [-0.05, 0) is 33.1 Å². The maximum absolute atomic E-state index is 11.1. The molecule has 0 bridgehead atoms. The summed E-state index contributed by atoms with van der Waals surface area (Å²) in [5.74, 6) is 0.227. The summed E-state index contributed by atoms with van der Waals surface area (Å²) in [6, 6.07) is 0.910. The lowest BCUT2D eigenvalue weighted by Gasteiger charge is -2.38. The van der Waals surface area contributed by atoms with E-state index in [1.807, 2.05) is 4.90 Å². The van der Waals surface area contributed by atoms with Crippen LogP contribution in [-0.2, 0) is 4.79 Å². The topological polar surface area (TPSA) is 20.3 Å². The van der Waals surface area contributed by atoms with E-state index < -0.39 is 0 Å². The van der Waals surface area contributed by atoms with E-state index in [4.69, 9.17) is 0 Å². The Balaban J connectivity index is 2.62. The van der Waals surface area contributed by atoms with Gasteiger partial charge in [-0.15, -0.1) is 0 Å². The van der Waals surface area contributed by atoms with Gasteiger partial charge in [0, 0.05) is 19.0 Å². The Hall–Kier alpha value is -0.530. The first-order chi connectivity index (χ1) is 5.13. The molecule has 1 amide bonds. The number of likely N-dealkylation sites (tertiary alicyclic amines) is 1. The van der Waals surface area contributed by atoms with E-state index in [9.17, 15) is 4.79 Å². The van der Waals surface area contributed by atoms with Gasteiger partial charge in [-0.1, -0.05) is 0 Å². The van der Waals surface area contributed by atoms with Crippen molar-refractivity contribution >= 4 is 5.91 Å². The molecule has 2 heteroatoms. The van der Waals surface area contributed by atoms with Crippen LogP contribution in [-0.4, -0.2) is 22.9 Å². The molecular formula is C9H17NO. The van der Waals surface area contributed by atoms with Gasteiger partial charge in [0.05, 0.1) is 0 Å². The van der Waals surface area contributed by atoms with Crippen molar-refractivity contribution in [1.29, 1.82) is 0 Å². The molecule has 0 radical (unpaired) electrons. The molecule has 2 atom stereocenters. The summed E-state index contributed by atoms with van der Waals surface area (Å²) >= 11 is 0. The van der Waals surface area contributed by atoms with Gasteiger partial charge in [0.25, 0.3) is 0 Å². The first-order valence-electron chi connectivity index (χ1n) is 4.42. The van der Waals surface area contributed by atoms with Crippen molar-refractivity contribution in [1.82, 2.24) is 4.90 Å². The summed E-state index contributed by atoms with van der Waals surface area (Å²) in [5, 5.41) is 0. The van der Waals surface area contributed by atoms with E-state index in [1.165, 1.54) is 19.3 Å². The van der Waals surface area contributed by atoms with Crippen LogP contribution in [0.4, 0.5) is 0 Å². The number of amides is 1. The second-order valence-electron chi connectivity index (χ2n) is 3.56. The molecule has 1 aliphatic heterocycles. The van der Waals surface area contributed by atoms with Crippen LogP contribution in [0.1, 0.15) is 40.0 Å². The molecule has 1 aliphatic rings. The molecule has 0 aromatic carbocycles. The van der Waals surface area contributed by atoms with Gasteiger partial charge in [-0.3, -0.25) is 4.79 Å². The lowest BCUT2D eigenvalue weighted by molar-refractivity contribution is -0.134. The van der Waals surface area contributed by atoms with Crippen molar-refractivity contribution in [3.8, 4) is 0 Å². The van der Waals surface area contributed by atoms with Crippen molar-refractivity contribution in [2.75, 3.05) is 0 Å². The fourth-order valence-electron chi connectivity index (χ4n) is 2.04. The van der Waals surface area contributed by atoms with Gasteiger partial charge >= 0.3 is 0 Å². The normalized spacial score (nSPS) is 32.1. The molecule has 1 rings (SSSR count). The average Bonchev–Trinajstić information content (AvgIpc) is 1.85. The van der Waals surface area contributed by atoms with Crippen LogP contribution in [0.15, 0.2) is 0 Å². The minimum Gasteiger partial charge on any atom is -0.338 e. The van der Waals surface area contributed by atoms with Crippen LogP contribution < -0.4 is 0 Å². The molecule has 1 heterocycles. The van der Waals surface area contributed by atoms with E-state index in [0.29, 0.717) is 12.1 Å². The zero-order chi connectivity index (χ0) is 8.43. The van der Waals surface area contributed by atoms with Gasteiger partial charge in [-0.25, -0.2) is 0 Å². The van der Waals surface area contributed by atoms with E-state index in [2.05, 4.69) is 13.8 Å². The summed E-state index contributed by atoms with van der Waals surface area (Å²) in [7, 11) is 0. The highest BCUT2D eigenvalue weighted by Gasteiger charge is 2.25. The van der Waals surface area contributed by atoms with Crippen molar-refractivity contribution in [3.63, 3.8) is 0 Å². The standard InChI is InChI=1S/C9H17NO/c1-7-5-4-6-8(2)10(7)9(3)11/h7-8H,4-6H2,1-3H3. The fraction of sp³-hybridized carbons (Fsp3) is 0.889. The fourth-order valence-corrected chi connectivity index (χ4v) is 2.04. The summed E-state index contributed by atoms with van der Waals surface area (Å²) < 4.78 is 0. The molecular weight excluding hydrogens is 138 g/mol. The van der Waals surface area contributed by atoms with Crippen molar-refractivity contribution < 1.29 is 4.79 Å². The summed E-state index contributed by atoms with van der Waals surface area (Å²) in [6.45, 7) is 5.94. The van der Waals surface area contributed by atoms with Crippen molar-refractivity contribution in [2.45, 2.75) is 52.1 Å². The number of rotatable bonds is 0. The Morgan fingerprint density at radius 1 is 1.27 bits per heavy atom. The second kappa shape index (κ2) is 3.24. The Kier molecular flexibility index (Phi) is 2.53. The SMILES string of the molecule is CC(=O)N1C(C)CCCC1C. The summed E-state index contributed by atoms with van der Waals surface area (Å²) in [6.07, 6.45) is 3.61. The van der Waals surface area contributed by atoms with E-state index in [0.717, 1.165) is 0 Å². The first-order valence-corrected chi connectivity index (χ1v) is 4.42. The average molecular weight is 155 g/mol. The van der Waals surface area contributed by atoms with Crippen LogP contribution in [0.25, 0.3) is 0 Å². The van der Waals surface area contributed by atoms with Crippen molar-refractivity contribution in [2.24, 2.45) is 0 Å². The Labute approximate surface area is 68.6 Å². The van der Waals surface area contributed by atoms with Gasteiger partial charge in [0.2, 0.25) is 5.91 Å². The van der Waals surface area contributed by atoms with E-state index in [1.54, 1.807) is 6.92 Å². The third-order valence-corrected chi connectivity index (χ3v) is 2.56. The highest BCUT2D eigenvalue weighted by atomic mass is 16.2. The van der Waals surface area contributed by atoms with Gasteiger partial charge < -0.3 is 4.90 Å². The van der Waals surface area contributed by atoms with Crippen LogP contribution in [0.3, 0.4) is 0 Å². The van der Waals surface area contributed by atoms with E-state index in [-0.39, 0.29) is 5.91 Å². The first kappa shape index (κ1) is 8.57. The van der Waals surface area contributed by atoms with Crippen LogP contribution in [0.5, 0.6) is 0 Å². The Morgan fingerprint density at radius 2 is 1.73 bits per heavy atom. The third kappa shape index (κ3) is 1.73. The lowest BCUT2D eigenvalue weighted by Crippen LogP contribution is -2.46. The highest BCUT2D eigenvalue weighted by molar-refractivity contribution is 5.74. The predicted octanol–water partition coefficient (Wildman–Crippen LogP) is 1.80. The monoisotopic (exact) mass is 155 g/mol. The van der Waals surface area contributed by atoms with E-state index >= 15 is 0 Å². The molecule has 0 aromatic heterocycles. The minimum atomic E-state index is 0.227. The van der Waals surface area contributed by atoms with Gasteiger partial charge in [0.1, 0.15) is 0 Å². The number of hydrogen-bond acceptors (Lipinski definition) is 1. The molecule has 0 saturated carbocycles. The third-order valence-electron chi connectivity index (χ3n) is 2.56. The number of carbonyl (C=O) groups is 1. The Morgan fingerprint density at radius 3 is 2.00 bits per heavy atom. The molecule has 0 aliphatic carbocycles. The molecule has 0 aromatic rings. The summed E-state index contributed by atoms with van der Waals surface area (Å²) in [5.41, 5.74) is 0. The lowest BCUT2D eigenvalue weighted by atomic mass is 9.98. The van der Waals surface area contributed by atoms with Crippen molar-refractivity contribution in [3.05, 3.63) is 0 Å². The largest absolute Gasteiger partial charge is 0.338 e. The molecule has 64 valence electrons. The molecule has 1 saturated heterocycles. The number of piperidine rings is 1. The van der Waals surface area contributed by atoms with Gasteiger partial charge in [0.15, 0.2) is 0 Å². The quantitative estimate of drug-likeness (QED) is 0.522. The molecule has 11 heavy (non-hydrogen) atoms. The Bertz CT molecular complexity index is 146. The van der Waals surface area contributed by atoms with Crippen LogP contribution in [0.2, 0.25) is 0 Å². The van der Waals surface area contributed by atoms with Crippen LogP contribution >= 0.6 is 0 Å². The highest BCUT2D eigenvalue weighted by Crippen LogP contribution is 2.21. The molecule has 2 nitrogen and oxygen atoms in total. The molecule has 2 unspecified atom stereocenters. The predicted molar refractivity (Wildman–Crippen MR) is 45.3 cm³/mol. The molecule has 1 fully saturated rings. The number of carbonyl (C=O) groups excluding carboxylic acids is 1.